The summed E-state index contributed by atoms with van der Waals surface area (Å²) < 4.78 is 81.3. The lowest BCUT2D eigenvalue weighted by molar-refractivity contribution is 0.103. The number of sulfonamides is 1. The van der Waals surface area contributed by atoms with Gasteiger partial charge < -0.3 is 9.05 Å². The molecule has 0 aliphatic heterocycles. The molecule has 0 fully saturated rings. The van der Waals surface area contributed by atoms with Gasteiger partial charge in [-0.3, -0.25) is 9.36 Å². The van der Waals surface area contributed by atoms with Crippen LogP contribution < -0.4 is 4.72 Å². The van der Waals surface area contributed by atoms with E-state index in [2.05, 4.69) is 4.72 Å². The van der Waals surface area contributed by atoms with E-state index in [0.717, 1.165) is 20.3 Å². The molecule has 1 aliphatic rings. The predicted octanol–water partition coefficient (Wildman–Crippen LogP) is 4.51. The van der Waals surface area contributed by atoms with Crippen molar-refractivity contribution in [3.05, 3.63) is 106 Å². The van der Waals surface area contributed by atoms with Gasteiger partial charge in [-0.25, -0.2) is 16.8 Å². The first kappa shape index (κ1) is 27.4. The van der Waals surface area contributed by atoms with Crippen LogP contribution in [0.5, 0.6) is 0 Å². The molecule has 1 atom stereocenters. The highest BCUT2D eigenvalue weighted by Crippen LogP contribution is 2.66. The minimum absolute atomic E-state index is 0.0957. The van der Waals surface area contributed by atoms with Crippen LogP contribution >= 0.6 is 19.2 Å². The molecular weight excluding hydrogens is 561 g/mol. The Morgan fingerprint density at radius 2 is 1.38 bits per heavy atom. The van der Waals surface area contributed by atoms with E-state index in [1.165, 1.54) is 72.8 Å². The third-order valence-electron chi connectivity index (χ3n) is 5.82. The average molecular weight is 582 g/mol. The van der Waals surface area contributed by atoms with Gasteiger partial charge in [0, 0.05) is 30.4 Å². The summed E-state index contributed by atoms with van der Waals surface area (Å²) in [5.74, 6) is -0.918. The number of carbonyl (C=O) groups is 1. The molecule has 0 radical (unpaired) electrons. The topological polar surface area (TPSA) is 133 Å². The van der Waals surface area contributed by atoms with Crippen molar-refractivity contribution < 1.29 is 35.2 Å². The first-order valence-corrected chi connectivity index (χ1v) is 15.5. The predicted molar refractivity (Wildman–Crippen MR) is 138 cm³/mol. The SMILES string of the molecule is COP(=O)(OC)C1(NS(=O)(=O)c2ccccc2)C=C(S(=O)(=O)c2ccc(Cl)cc2)C(=O)c2ccccc21. The number of ketones is 1. The smallest absolute Gasteiger partial charge is 0.310 e. The molecule has 3 aromatic rings. The molecule has 0 bridgehead atoms. The lowest BCUT2D eigenvalue weighted by Crippen LogP contribution is -2.48. The normalized spacial score (nSPS) is 18.2. The Hall–Kier alpha value is -2.63. The molecule has 0 spiro atoms. The van der Waals surface area contributed by atoms with Crippen LogP contribution in [0.15, 0.2) is 99.6 Å². The summed E-state index contributed by atoms with van der Waals surface area (Å²) in [6.45, 7) is 0. The second-order valence-electron chi connectivity index (χ2n) is 7.89. The molecule has 1 aliphatic carbocycles. The zero-order valence-corrected chi connectivity index (χ0v) is 22.8. The van der Waals surface area contributed by atoms with Gasteiger partial charge in [-0.1, -0.05) is 54.1 Å². The highest BCUT2D eigenvalue weighted by molar-refractivity contribution is 7.96. The molecule has 0 aromatic heterocycles. The quantitative estimate of drug-likeness (QED) is 0.384. The second-order valence-corrected chi connectivity index (χ2v) is 14.4. The van der Waals surface area contributed by atoms with E-state index < -0.39 is 43.4 Å². The maximum Gasteiger partial charge on any atom is 0.359 e. The highest BCUT2D eigenvalue weighted by atomic mass is 35.5. The van der Waals surface area contributed by atoms with Gasteiger partial charge >= 0.3 is 7.60 Å². The van der Waals surface area contributed by atoms with Crippen LogP contribution in [-0.2, 0) is 38.8 Å². The van der Waals surface area contributed by atoms with Crippen molar-refractivity contribution >= 4 is 44.8 Å². The fraction of sp³-hybridized carbons (Fsp3) is 0.125. The first-order chi connectivity index (χ1) is 17.4. The number of nitrogens with one attached hydrogen (secondary N) is 1. The summed E-state index contributed by atoms with van der Waals surface area (Å²) in [5, 5.41) is -2.16. The fourth-order valence-electron chi connectivity index (χ4n) is 4.01. The van der Waals surface area contributed by atoms with Gasteiger partial charge in [0.1, 0.15) is 4.91 Å². The third-order valence-corrected chi connectivity index (χ3v) is 11.8. The van der Waals surface area contributed by atoms with E-state index >= 15 is 0 Å². The van der Waals surface area contributed by atoms with Crippen LogP contribution in [0.2, 0.25) is 5.02 Å². The standard InChI is InChI=1S/C24H21ClNO8PS2/c1-33-35(28,34-2)24(26-37(31,32)19-8-4-3-5-9-19)16-22(23(27)20-10-6-7-11-21(20)24)36(29,30)18-14-12-17(25)13-15-18/h3-16,26H,1-2H3. The van der Waals surface area contributed by atoms with Gasteiger partial charge in [0.05, 0.1) is 9.79 Å². The zero-order chi connectivity index (χ0) is 27.1. The Labute approximate surface area is 219 Å². The Bertz CT molecular complexity index is 1650. The third kappa shape index (κ3) is 4.61. The minimum Gasteiger partial charge on any atom is -0.310 e. The number of allylic oxidation sites excluding steroid dienone is 1. The molecule has 0 amide bonds. The van der Waals surface area contributed by atoms with E-state index in [-0.39, 0.29) is 25.9 Å². The number of fused-ring (bicyclic) bond motifs is 1. The summed E-state index contributed by atoms with van der Waals surface area (Å²) >= 11 is 5.89. The Morgan fingerprint density at radius 1 is 0.811 bits per heavy atom. The molecule has 1 N–H and O–H groups in total. The number of halogens is 1. The van der Waals surface area contributed by atoms with Crippen LogP contribution in [0.1, 0.15) is 15.9 Å². The molecule has 4 rings (SSSR count). The van der Waals surface area contributed by atoms with Crippen molar-refractivity contribution in [1.29, 1.82) is 0 Å². The number of benzene rings is 3. The molecule has 3 aromatic carbocycles. The molecule has 13 heteroatoms. The van der Waals surface area contributed by atoms with Crippen LogP contribution in [-0.4, -0.2) is 36.8 Å². The van der Waals surface area contributed by atoms with Crippen molar-refractivity contribution in [3.8, 4) is 0 Å². The van der Waals surface area contributed by atoms with Crippen LogP contribution in [0.3, 0.4) is 0 Å². The van der Waals surface area contributed by atoms with Gasteiger partial charge in [0.25, 0.3) is 0 Å². The summed E-state index contributed by atoms with van der Waals surface area (Å²) in [6, 6.07) is 17.9. The Morgan fingerprint density at radius 3 is 1.97 bits per heavy atom. The Kier molecular flexibility index (Phi) is 7.35. The molecule has 194 valence electrons. The summed E-state index contributed by atoms with van der Waals surface area (Å²) in [7, 11) is -11.5. The van der Waals surface area contributed by atoms with E-state index in [0.29, 0.717) is 0 Å². The van der Waals surface area contributed by atoms with Gasteiger partial charge in [-0.05, 0) is 42.5 Å². The maximum atomic E-state index is 14.1. The van der Waals surface area contributed by atoms with Crippen molar-refractivity contribution in [2.75, 3.05) is 14.2 Å². The van der Waals surface area contributed by atoms with E-state index in [1.54, 1.807) is 6.07 Å². The number of rotatable bonds is 8. The van der Waals surface area contributed by atoms with Gasteiger partial charge in [-0.15, -0.1) is 0 Å². The highest BCUT2D eigenvalue weighted by Gasteiger charge is 2.57. The number of hydrogen-bond acceptors (Lipinski definition) is 8. The van der Waals surface area contributed by atoms with Crippen molar-refractivity contribution in [3.63, 3.8) is 0 Å². The molecule has 37 heavy (non-hydrogen) atoms. The number of carbonyl (C=O) groups excluding carboxylic acids is 1. The molecule has 0 saturated carbocycles. The number of sulfone groups is 1. The molecule has 9 nitrogen and oxygen atoms in total. The lowest BCUT2D eigenvalue weighted by Gasteiger charge is -2.39. The molecular formula is C24H21ClNO8PS2. The minimum atomic E-state index is -4.57. The summed E-state index contributed by atoms with van der Waals surface area (Å²) in [6.07, 6.45) is 0.801. The summed E-state index contributed by atoms with van der Waals surface area (Å²) in [4.78, 5) is 12.2. The van der Waals surface area contributed by atoms with E-state index in [1.807, 2.05) is 0 Å². The van der Waals surface area contributed by atoms with Crippen molar-refractivity contribution in [2.45, 2.75) is 15.1 Å². The van der Waals surface area contributed by atoms with Gasteiger partial charge in [-0.2, -0.15) is 4.72 Å². The van der Waals surface area contributed by atoms with Gasteiger partial charge in [0.15, 0.2) is 5.28 Å². The van der Waals surface area contributed by atoms with Crippen LogP contribution in [0, 0.1) is 0 Å². The number of hydrogen-bond donors (Lipinski definition) is 1. The Balaban J connectivity index is 2.08. The molecule has 1 unspecified atom stereocenters. The van der Waals surface area contributed by atoms with Gasteiger partial charge in [0.2, 0.25) is 25.6 Å². The average Bonchev–Trinajstić information content (AvgIpc) is 2.90. The van der Waals surface area contributed by atoms with Crippen LogP contribution in [0.4, 0.5) is 0 Å². The number of Topliss-reactive ketones (excluding diaryl/α,β-unsaturated/α-hetero) is 1. The van der Waals surface area contributed by atoms with E-state index in [9.17, 15) is 26.2 Å². The first-order valence-electron chi connectivity index (χ1n) is 10.6. The van der Waals surface area contributed by atoms with E-state index in [4.69, 9.17) is 20.6 Å². The monoisotopic (exact) mass is 581 g/mol. The largest absolute Gasteiger partial charge is 0.359 e. The lowest BCUT2D eigenvalue weighted by atomic mass is 9.92. The van der Waals surface area contributed by atoms with Crippen LogP contribution in [0.25, 0.3) is 0 Å². The maximum absolute atomic E-state index is 14.1. The second kappa shape index (κ2) is 9.92. The molecule has 0 heterocycles. The molecule has 0 saturated heterocycles. The fourth-order valence-corrected chi connectivity index (χ4v) is 9.18. The van der Waals surface area contributed by atoms with Crippen molar-refractivity contribution in [1.82, 2.24) is 4.72 Å². The summed E-state index contributed by atoms with van der Waals surface area (Å²) in [5.41, 5.74) is -0.288. The van der Waals surface area contributed by atoms with Crippen molar-refractivity contribution in [2.24, 2.45) is 0 Å². The zero-order valence-electron chi connectivity index (χ0n) is 19.5.